The first kappa shape index (κ1) is 21.1. The van der Waals surface area contributed by atoms with Gasteiger partial charge < -0.3 is 10.1 Å². The van der Waals surface area contributed by atoms with E-state index in [4.69, 9.17) is 4.74 Å². The van der Waals surface area contributed by atoms with Crippen molar-refractivity contribution in [2.24, 2.45) is 0 Å². The van der Waals surface area contributed by atoms with Crippen LogP contribution in [0, 0.1) is 0 Å². The van der Waals surface area contributed by atoms with Gasteiger partial charge in [-0.2, -0.15) is 13.2 Å². The molecular formula is C19H25F3N2O3. The van der Waals surface area contributed by atoms with Crippen molar-refractivity contribution in [2.75, 3.05) is 6.54 Å². The molecule has 0 aliphatic carbocycles. The zero-order valence-corrected chi connectivity index (χ0v) is 15.7. The van der Waals surface area contributed by atoms with Crippen molar-refractivity contribution in [2.45, 2.75) is 64.4 Å². The van der Waals surface area contributed by atoms with Gasteiger partial charge in [-0.15, -0.1) is 0 Å². The Balaban J connectivity index is 2.02. The maximum atomic E-state index is 12.8. The van der Waals surface area contributed by atoms with Crippen LogP contribution in [0.1, 0.15) is 51.2 Å². The van der Waals surface area contributed by atoms with Gasteiger partial charge in [0.15, 0.2) is 0 Å². The molecule has 1 aliphatic rings. The molecule has 0 aromatic heterocycles. The molecule has 0 bridgehead atoms. The third-order valence-corrected chi connectivity index (χ3v) is 4.15. The van der Waals surface area contributed by atoms with Crippen molar-refractivity contribution in [3.63, 3.8) is 0 Å². The first-order chi connectivity index (χ1) is 12.5. The van der Waals surface area contributed by atoms with Crippen LogP contribution in [0.15, 0.2) is 24.3 Å². The van der Waals surface area contributed by atoms with Crippen molar-refractivity contribution in [1.29, 1.82) is 0 Å². The summed E-state index contributed by atoms with van der Waals surface area (Å²) in [5.41, 5.74) is -1.09. The van der Waals surface area contributed by atoms with E-state index in [1.807, 2.05) is 0 Å². The number of hydrogen-bond donors (Lipinski definition) is 1. The van der Waals surface area contributed by atoms with E-state index in [1.54, 1.807) is 20.8 Å². The van der Waals surface area contributed by atoms with Crippen molar-refractivity contribution in [1.82, 2.24) is 10.2 Å². The Morgan fingerprint density at radius 3 is 2.56 bits per heavy atom. The van der Waals surface area contributed by atoms with Crippen LogP contribution in [-0.2, 0) is 22.3 Å². The third-order valence-electron chi connectivity index (χ3n) is 4.15. The molecule has 5 nitrogen and oxygen atoms in total. The molecule has 8 heteroatoms. The number of amides is 2. The molecule has 1 N–H and O–H groups in total. The molecule has 1 heterocycles. The van der Waals surface area contributed by atoms with Crippen LogP contribution in [0.4, 0.5) is 18.0 Å². The number of carbonyl (C=O) groups excluding carboxylic acids is 2. The Hall–Kier alpha value is -2.25. The smallest absolute Gasteiger partial charge is 0.416 e. The molecule has 0 saturated carbocycles. The van der Waals surface area contributed by atoms with Crippen LogP contribution < -0.4 is 5.32 Å². The highest BCUT2D eigenvalue weighted by Crippen LogP contribution is 2.29. The molecule has 2 amide bonds. The highest BCUT2D eigenvalue weighted by atomic mass is 19.4. The van der Waals surface area contributed by atoms with Crippen LogP contribution in [0.5, 0.6) is 0 Å². The van der Waals surface area contributed by atoms with Crippen LogP contribution in [0.3, 0.4) is 0 Å². The number of rotatable bonds is 3. The van der Waals surface area contributed by atoms with Gasteiger partial charge in [0.05, 0.1) is 5.56 Å². The highest BCUT2D eigenvalue weighted by Gasteiger charge is 2.35. The fourth-order valence-electron chi connectivity index (χ4n) is 2.91. The number of alkyl halides is 3. The van der Waals surface area contributed by atoms with Crippen LogP contribution >= 0.6 is 0 Å². The number of carbonyl (C=O) groups is 2. The monoisotopic (exact) mass is 386 g/mol. The largest absolute Gasteiger partial charge is 0.444 e. The number of nitrogens with one attached hydrogen (secondary N) is 1. The maximum absolute atomic E-state index is 12.8. The van der Waals surface area contributed by atoms with Crippen molar-refractivity contribution in [3.05, 3.63) is 35.4 Å². The van der Waals surface area contributed by atoms with E-state index in [2.05, 4.69) is 5.32 Å². The Morgan fingerprint density at radius 2 is 1.93 bits per heavy atom. The number of piperidine rings is 1. The lowest BCUT2D eigenvalue weighted by atomic mass is 10.0. The number of hydrogen-bond acceptors (Lipinski definition) is 3. The van der Waals surface area contributed by atoms with E-state index in [-0.39, 0.29) is 6.54 Å². The Bertz CT molecular complexity index is 684. The van der Waals surface area contributed by atoms with Gasteiger partial charge in [-0.1, -0.05) is 12.1 Å². The quantitative estimate of drug-likeness (QED) is 0.851. The first-order valence-corrected chi connectivity index (χ1v) is 8.91. The first-order valence-electron chi connectivity index (χ1n) is 8.91. The fourth-order valence-corrected chi connectivity index (χ4v) is 2.91. The molecule has 150 valence electrons. The fraction of sp³-hybridized carbons (Fsp3) is 0.579. The third kappa shape index (κ3) is 6.15. The number of nitrogens with zero attached hydrogens (tertiary/aromatic N) is 1. The number of benzene rings is 1. The minimum atomic E-state index is -4.43. The summed E-state index contributed by atoms with van der Waals surface area (Å²) in [4.78, 5) is 26.3. The van der Waals surface area contributed by atoms with E-state index in [0.29, 0.717) is 18.5 Å². The van der Waals surface area contributed by atoms with E-state index in [0.717, 1.165) is 25.0 Å². The van der Waals surface area contributed by atoms with Crippen molar-refractivity contribution < 1.29 is 27.5 Å². The van der Waals surface area contributed by atoms with Crippen molar-refractivity contribution in [3.8, 4) is 0 Å². The van der Waals surface area contributed by atoms with E-state index in [1.165, 1.54) is 17.0 Å². The summed E-state index contributed by atoms with van der Waals surface area (Å²) < 4.78 is 43.7. The maximum Gasteiger partial charge on any atom is 0.416 e. The van der Waals surface area contributed by atoms with Crippen LogP contribution in [0.25, 0.3) is 0 Å². The molecule has 1 aliphatic heterocycles. The van der Waals surface area contributed by atoms with Gasteiger partial charge in [0.25, 0.3) is 0 Å². The van der Waals surface area contributed by atoms with E-state index in [9.17, 15) is 22.8 Å². The number of halogens is 3. The van der Waals surface area contributed by atoms with Crippen molar-refractivity contribution >= 4 is 12.0 Å². The predicted molar refractivity (Wildman–Crippen MR) is 93.9 cm³/mol. The van der Waals surface area contributed by atoms with E-state index >= 15 is 0 Å². The number of likely N-dealkylation sites (tertiary alicyclic amines) is 1. The molecule has 1 aromatic rings. The van der Waals surface area contributed by atoms with Gasteiger partial charge in [0.1, 0.15) is 11.6 Å². The summed E-state index contributed by atoms with van der Waals surface area (Å²) >= 11 is 0. The van der Waals surface area contributed by atoms with Crippen LogP contribution in [-0.4, -0.2) is 35.1 Å². The Kier molecular flexibility index (Phi) is 6.38. The Labute approximate surface area is 156 Å². The van der Waals surface area contributed by atoms with Gasteiger partial charge in [-0.3, -0.25) is 9.69 Å². The molecule has 1 unspecified atom stereocenters. The SMILES string of the molecule is CC(C)(C)OC(=O)N1CCCCC1C(=O)NCc1cccc(C(F)(F)F)c1. The topological polar surface area (TPSA) is 58.6 Å². The lowest BCUT2D eigenvalue weighted by Crippen LogP contribution is -2.52. The summed E-state index contributed by atoms with van der Waals surface area (Å²) in [7, 11) is 0. The summed E-state index contributed by atoms with van der Waals surface area (Å²) in [6, 6.07) is 4.13. The summed E-state index contributed by atoms with van der Waals surface area (Å²) in [5, 5.41) is 2.64. The summed E-state index contributed by atoms with van der Waals surface area (Å²) in [6.45, 7) is 5.62. The molecule has 1 fully saturated rings. The minimum Gasteiger partial charge on any atom is -0.444 e. The normalized spacial score (nSPS) is 18.1. The second-order valence-electron chi connectivity index (χ2n) is 7.60. The summed E-state index contributed by atoms with van der Waals surface area (Å²) in [5.74, 6) is -0.391. The molecule has 2 rings (SSSR count). The predicted octanol–water partition coefficient (Wildman–Crippen LogP) is 4.11. The molecule has 1 saturated heterocycles. The van der Waals surface area contributed by atoms with Gasteiger partial charge in [-0.05, 0) is 57.7 Å². The molecule has 0 radical (unpaired) electrons. The molecule has 0 spiro atoms. The standard InChI is InChI=1S/C19H25F3N2O3/c1-18(2,3)27-17(26)24-10-5-4-9-15(24)16(25)23-12-13-7-6-8-14(11-13)19(20,21)22/h6-8,11,15H,4-5,9-10,12H2,1-3H3,(H,23,25). The lowest BCUT2D eigenvalue weighted by Gasteiger charge is -2.35. The van der Waals surface area contributed by atoms with Gasteiger partial charge in [0, 0.05) is 13.1 Å². The zero-order chi connectivity index (χ0) is 20.2. The average molecular weight is 386 g/mol. The molecule has 1 atom stereocenters. The Morgan fingerprint density at radius 1 is 1.22 bits per heavy atom. The average Bonchev–Trinajstić information content (AvgIpc) is 2.57. The highest BCUT2D eigenvalue weighted by molar-refractivity contribution is 5.85. The second kappa shape index (κ2) is 8.19. The molecular weight excluding hydrogens is 361 g/mol. The van der Waals surface area contributed by atoms with Gasteiger partial charge >= 0.3 is 12.3 Å². The number of ether oxygens (including phenoxy) is 1. The lowest BCUT2D eigenvalue weighted by molar-refractivity contribution is -0.137. The minimum absolute atomic E-state index is 0.0403. The zero-order valence-electron chi connectivity index (χ0n) is 15.7. The van der Waals surface area contributed by atoms with Gasteiger partial charge in [0.2, 0.25) is 5.91 Å². The molecule has 1 aromatic carbocycles. The van der Waals surface area contributed by atoms with E-state index < -0.39 is 35.4 Å². The van der Waals surface area contributed by atoms with Gasteiger partial charge in [-0.25, -0.2) is 4.79 Å². The van der Waals surface area contributed by atoms with Crippen LogP contribution in [0.2, 0.25) is 0 Å². The summed E-state index contributed by atoms with van der Waals surface area (Å²) in [6.07, 6.45) is -2.93. The second-order valence-corrected chi connectivity index (χ2v) is 7.60. The molecule has 27 heavy (non-hydrogen) atoms.